The highest BCUT2D eigenvalue weighted by molar-refractivity contribution is 5.79. The SMILES string of the molecule is CN=C(NCCN1CCOCC1)NCc1c(O)ccc2c1CCCC2. The molecule has 3 N–H and O–H groups in total. The van der Waals surface area contributed by atoms with E-state index in [4.69, 9.17) is 4.74 Å². The summed E-state index contributed by atoms with van der Waals surface area (Å²) in [5.74, 6) is 1.16. The molecule has 1 saturated heterocycles. The normalized spacial score (nSPS) is 18.7. The van der Waals surface area contributed by atoms with Crippen LogP contribution in [0.5, 0.6) is 5.75 Å². The molecular weight excluding hydrogens is 316 g/mol. The molecule has 0 spiro atoms. The molecule has 0 atom stereocenters. The van der Waals surface area contributed by atoms with Crippen LogP contribution >= 0.6 is 0 Å². The fourth-order valence-corrected chi connectivity index (χ4v) is 3.64. The number of hydrogen-bond acceptors (Lipinski definition) is 4. The molecule has 1 heterocycles. The Morgan fingerprint density at radius 2 is 2.00 bits per heavy atom. The molecule has 0 aromatic heterocycles. The number of phenols is 1. The van der Waals surface area contributed by atoms with E-state index < -0.39 is 0 Å². The molecule has 6 nitrogen and oxygen atoms in total. The Bertz CT molecular complexity index is 597. The second kappa shape index (κ2) is 9.06. The van der Waals surface area contributed by atoms with Crippen molar-refractivity contribution in [2.75, 3.05) is 46.4 Å². The predicted octanol–water partition coefficient (Wildman–Crippen LogP) is 1.27. The Morgan fingerprint density at radius 1 is 1.20 bits per heavy atom. The van der Waals surface area contributed by atoms with Crippen molar-refractivity contribution >= 4 is 5.96 Å². The zero-order valence-corrected chi connectivity index (χ0v) is 15.2. The zero-order chi connectivity index (χ0) is 17.5. The fraction of sp³-hybridized carbons (Fsp3) is 0.632. The second-order valence-corrected chi connectivity index (χ2v) is 6.71. The molecule has 6 heteroatoms. The van der Waals surface area contributed by atoms with E-state index in [1.165, 1.54) is 24.0 Å². The van der Waals surface area contributed by atoms with Crippen molar-refractivity contribution < 1.29 is 9.84 Å². The molecule has 0 bridgehead atoms. The number of nitrogens with one attached hydrogen (secondary N) is 2. The lowest BCUT2D eigenvalue weighted by Crippen LogP contribution is -2.44. The van der Waals surface area contributed by atoms with Gasteiger partial charge in [-0.05, 0) is 42.9 Å². The third kappa shape index (κ3) is 4.86. The summed E-state index contributed by atoms with van der Waals surface area (Å²) in [7, 11) is 1.78. The van der Waals surface area contributed by atoms with Gasteiger partial charge in [-0.1, -0.05) is 6.07 Å². The number of fused-ring (bicyclic) bond motifs is 1. The van der Waals surface area contributed by atoms with Crippen molar-refractivity contribution in [3.05, 3.63) is 28.8 Å². The zero-order valence-electron chi connectivity index (χ0n) is 15.2. The number of rotatable bonds is 5. The molecule has 1 aliphatic heterocycles. The molecule has 3 rings (SSSR count). The van der Waals surface area contributed by atoms with Gasteiger partial charge in [0.15, 0.2) is 5.96 Å². The maximum absolute atomic E-state index is 10.3. The van der Waals surface area contributed by atoms with Crippen LogP contribution in [0.4, 0.5) is 0 Å². The minimum atomic E-state index is 0.386. The van der Waals surface area contributed by atoms with Crippen LogP contribution in [0.15, 0.2) is 17.1 Å². The van der Waals surface area contributed by atoms with Crippen LogP contribution in [0.1, 0.15) is 29.5 Å². The maximum Gasteiger partial charge on any atom is 0.191 e. The highest BCUT2D eigenvalue weighted by Crippen LogP contribution is 2.30. The van der Waals surface area contributed by atoms with Gasteiger partial charge in [-0.25, -0.2) is 0 Å². The summed E-state index contributed by atoms with van der Waals surface area (Å²) in [6, 6.07) is 3.90. The van der Waals surface area contributed by atoms with Crippen molar-refractivity contribution in [1.29, 1.82) is 0 Å². The molecule has 25 heavy (non-hydrogen) atoms. The summed E-state index contributed by atoms with van der Waals surface area (Å²) in [6.45, 7) is 6.08. The van der Waals surface area contributed by atoms with Gasteiger partial charge in [-0.3, -0.25) is 9.89 Å². The van der Waals surface area contributed by atoms with E-state index in [0.29, 0.717) is 12.3 Å². The number of morpholine rings is 1. The average molecular weight is 346 g/mol. The maximum atomic E-state index is 10.3. The van der Waals surface area contributed by atoms with Crippen molar-refractivity contribution in [1.82, 2.24) is 15.5 Å². The van der Waals surface area contributed by atoms with Crippen LogP contribution in [0.25, 0.3) is 0 Å². The number of hydrogen-bond donors (Lipinski definition) is 3. The predicted molar refractivity (Wildman–Crippen MR) is 100 cm³/mol. The molecule has 1 fully saturated rings. The largest absolute Gasteiger partial charge is 0.508 e. The van der Waals surface area contributed by atoms with Crippen molar-refractivity contribution in [3.63, 3.8) is 0 Å². The smallest absolute Gasteiger partial charge is 0.191 e. The van der Waals surface area contributed by atoms with Gasteiger partial charge >= 0.3 is 0 Å². The first kappa shape index (κ1) is 18.0. The number of phenolic OH excluding ortho intramolecular Hbond substituents is 1. The molecule has 1 aromatic carbocycles. The molecule has 0 radical (unpaired) electrons. The van der Waals surface area contributed by atoms with Gasteiger partial charge in [0.1, 0.15) is 5.75 Å². The minimum Gasteiger partial charge on any atom is -0.508 e. The van der Waals surface area contributed by atoms with E-state index in [1.54, 1.807) is 7.05 Å². The summed E-state index contributed by atoms with van der Waals surface area (Å²) in [5.41, 5.74) is 3.73. The number of aryl methyl sites for hydroxylation is 1. The highest BCUT2D eigenvalue weighted by atomic mass is 16.5. The third-order valence-corrected chi connectivity index (χ3v) is 5.11. The molecule has 1 aromatic rings. The van der Waals surface area contributed by atoms with E-state index in [2.05, 4.69) is 26.6 Å². The molecule has 1 aliphatic carbocycles. The van der Waals surface area contributed by atoms with E-state index in [9.17, 15) is 5.11 Å². The molecule has 0 saturated carbocycles. The summed E-state index contributed by atoms with van der Waals surface area (Å²) in [5, 5.41) is 17.0. The average Bonchev–Trinajstić information content (AvgIpc) is 2.66. The van der Waals surface area contributed by atoms with E-state index in [1.807, 2.05) is 6.07 Å². The van der Waals surface area contributed by atoms with Gasteiger partial charge in [-0.15, -0.1) is 0 Å². The fourth-order valence-electron chi connectivity index (χ4n) is 3.64. The summed E-state index contributed by atoms with van der Waals surface area (Å²) >= 11 is 0. The molecule has 2 aliphatic rings. The van der Waals surface area contributed by atoms with Gasteiger partial charge in [0, 0.05) is 45.3 Å². The van der Waals surface area contributed by atoms with Gasteiger partial charge in [0.05, 0.1) is 13.2 Å². The molecule has 0 amide bonds. The number of aromatic hydroxyl groups is 1. The highest BCUT2D eigenvalue weighted by Gasteiger charge is 2.16. The lowest BCUT2D eigenvalue weighted by Gasteiger charge is -2.27. The van der Waals surface area contributed by atoms with E-state index in [0.717, 1.165) is 63.8 Å². The van der Waals surface area contributed by atoms with Crippen molar-refractivity contribution in [3.8, 4) is 5.75 Å². The Kier molecular flexibility index (Phi) is 6.53. The number of aliphatic imine (C=N–C) groups is 1. The number of benzene rings is 1. The van der Waals surface area contributed by atoms with E-state index in [-0.39, 0.29) is 0 Å². The first-order chi connectivity index (χ1) is 12.3. The monoisotopic (exact) mass is 346 g/mol. The summed E-state index contributed by atoms with van der Waals surface area (Å²) in [6.07, 6.45) is 4.63. The summed E-state index contributed by atoms with van der Waals surface area (Å²) in [4.78, 5) is 6.69. The Hall–Kier alpha value is -1.79. The van der Waals surface area contributed by atoms with Crippen LogP contribution in [-0.4, -0.2) is 62.4 Å². The number of ether oxygens (including phenoxy) is 1. The van der Waals surface area contributed by atoms with Gasteiger partial charge in [0.2, 0.25) is 0 Å². The topological polar surface area (TPSA) is 69.1 Å². The van der Waals surface area contributed by atoms with Crippen LogP contribution in [0, 0.1) is 0 Å². The Labute approximate surface area is 150 Å². The number of guanidine groups is 1. The molecule has 138 valence electrons. The first-order valence-electron chi connectivity index (χ1n) is 9.35. The minimum absolute atomic E-state index is 0.386. The van der Waals surface area contributed by atoms with Crippen molar-refractivity contribution in [2.24, 2.45) is 4.99 Å². The molecule has 0 unspecified atom stereocenters. The molecular formula is C19H30N4O2. The van der Waals surface area contributed by atoms with Crippen LogP contribution in [0.2, 0.25) is 0 Å². The second-order valence-electron chi connectivity index (χ2n) is 6.71. The third-order valence-electron chi connectivity index (χ3n) is 5.11. The van der Waals surface area contributed by atoms with E-state index >= 15 is 0 Å². The number of nitrogens with zero attached hydrogens (tertiary/aromatic N) is 2. The van der Waals surface area contributed by atoms with Crippen LogP contribution in [0.3, 0.4) is 0 Å². The lowest BCUT2D eigenvalue weighted by atomic mass is 9.88. The van der Waals surface area contributed by atoms with Gasteiger partial charge in [-0.2, -0.15) is 0 Å². The quantitative estimate of drug-likeness (QED) is 0.553. The van der Waals surface area contributed by atoms with Crippen molar-refractivity contribution in [2.45, 2.75) is 32.2 Å². The summed E-state index contributed by atoms with van der Waals surface area (Å²) < 4.78 is 5.37. The standard InChI is InChI=1S/C19H30N4O2/c1-20-19(21-8-9-23-10-12-25-13-11-23)22-14-17-16-5-3-2-4-15(16)6-7-18(17)24/h6-7,24H,2-5,8-14H2,1H3,(H2,20,21,22). The van der Waals surface area contributed by atoms with Crippen LogP contribution in [-0.2, 0) is 24.1 Å². The Balaban J connectivity index is 1.51. The van der Waals surface area contributed by atoms with Gasteiger partial charge in [0.25, 0.3) is 0 Å². The first-order valence-corrected chi connectivity index (χ1v) is 9.35. The lowest BCUT2D eigenvalue weighted by molar-refractivity contribution is 0.0389. The van der Waals surface area contributed by atoms with Gasteiger partial charge < -0.3 is 20.5 Å². The van der Waals surface area contributed by atoms with Crippen LogP contribution < -0.4 is 10.6 Å². The Morgan fingerprint density at radius 3 is 2.80 bits per heavy atom.